The SMILES string of the molecule is Cc1ccc(N(c2ccc3cc4c(cc3c2)oc2c(-c3ccccc3)c3oc5cc6cc(N(c7ccc(C)cc7)c7cccc(C)c7C)ccc6cc5c3cc24)c2cccc(C)c2C)cc1. The Morgan fingerprint density at radius 3 is 1.23 bits per heavy atom. The average molecular weight is 853 g/mol. The standard InChI is InChI=1S/C62H48N2O2/c1-37-18-24-48(25-19-37)63(56-16-10-12-39(3)41(56)5)50-28-22-44-32-52-54-36-55-53-33-45-23-29-51(64(49-26-20-38(2)21-27-49)57-17-11-13-40(4)42(57)6)31-47(45)35-59(53)66-62(55)60(43-14-8-7-9-15-43)61(54)65-58(52)34-46(44)30-50/h7-36H,1-6H3. The summed E-state index contributed by atoms with van der Waals surface area (Å²) in [5.41, 5.74) is 19.6. The fraction of sp³-hybridized carbons (Fsp3) is 0.0968. The van der Waals surface area contributed by atoms with E-state index in [1.807, 2.05) is 0 Å². The van der Waals surface area contributed by atoms with Gasteiger partial charge in [-0.2, -0.15) is 0 Å². The smallest absolute Gasteiger partial charge is 0.147 e. The van der Waals surface area contributed by atoms with Gasteiger partial charge in [0.1, 0.15) is 22.3 Å². The first-order valence-electron chi connectivity index (χ1n) is 22.8. The van der Waals surface area contributed by atoms with Gasteiger partial charge in [0.2, 0.25) is 0 Å². The minimum Gasteiger partial charge on any atom is -0.455 e. The molecule has 2 aromatic heterocycles. The van der Waals surface area contributed by atoms with Crippen molar-refractivity contribution in [3.8, 4) is 11.1 Å². The molecule has 0 unspecified atom stereocenters. The molecule has 0 N–H and O–H groups in total. The Balaban J connectivity index is 1.03. The highest BCUT2D eigenvalue weighted by atomic mass is 16.3. The van der Waals surface area contributed by atoms with Crippen molar-refractivity contribution in [3.05, 3.63) is 215 Å². The third kappa shape index (κ3) is 6.43. The summed E-state index contributed by atoms with van der Waals surface area (Å²) in [5.74, 6) is 0. The van der Waals surface area contributed by atoms with Crippen molar-refractivity contribution < 1.29 is 8.83 Å². The molecule has 0 radical (unpaired) electrons. The Labute approximate surface area is 384 Å². The Bertz CT molecular complexity index is 3640. The molecule has 0 saturated heterocycles. The molecule has 0 aliphatic heterocycles. The van der Waals surface area contributed by atoms with Gasteiger partial charge in [-0.25, -0.2) is 0 Å². The maximum Gasteiger partial charge on any atom is 0.147 e. The summed E-state index contributed by atoms with van der Waals surface area (Å²) in [6, 6.07) is 66.1. The lowest BCUT2D eigenvalue weighted by Crippen LogP contribution is -2.11. The first-order chi connectivity index (χ1) is 32.2. The molecule has 0 saturated carbocycles. The molecule has 0 aliphatic rings. The molecule has 318 valence electrons. The Hall–Kier alpha value is -8.08. The first-order valence-corrected chi connectivity index (χ1v) is 22.8. The van der Waals surface area contributed by atoms with Crippen molar-refractivity contribution in [1.82, 2.24) is 0 Å². The van der Waals surface area contributed by atoms with Crippen LogP contribution in [-0.4, -0.2) is 0 Å². The molecule has 0 amide bonds. The van der Waals surface area contributed by atoms with E-state index in [2.05, 4.69) is 233 Å². The van der Waals surface area contributed by atoms with E-state index in [0.717, 1.165) is 99.3 Å². The zero-order chi connectivity index (χ0) is 44.8. The van der Waals surface area contributed by atoms with Crippen LogP contribution in [0.2, 0.25) is 0 Å². The lowest BCUT2D eigenvalue weighted by Gasteiger charge is -2.28. The molecule has 12 rings (SSSR count). The van der Waals surface area contributed by atoms with Crippen LogP contribution >= 0.6 is 0 Å². The first kappa shape index (κ1) is 39.5. The third-order valence-electron chi connectivity index (χ3n) is 13.9. The molecule has 10 aromatic carbocycles. The van der Waals surface area contributed by atoms with E-state index < -0.39 is 0 Å². The van der Waals surface area contributed by atoms with E-state index in [0.29, 0.717) is 0 Å². The molecular formula is C62H48N2O2. The van der Waals surface area contributed by atoms with Crippen molar-refractivity contribution in [2.45, 2.75) is 41.5 Å². The number of hydrogen-bond acceptors (Lipinski definition) is 4. The van der Waals surface area contributed by atoms with Crippen LogP contribution in [-0.2, 0) is 0 Å². The number of hydrogen-bond donors (Lipinski definition) is 0. The number of benzene rings is 10. The van der Waals surface area contributed by atoms with E-state index in [1.54, 1.807) is 0 Å². The van der Waals surface area contributed by atoms with Gasteiger partial charge in [-0.15, -0.1) is 0 Å². The number of nitrogens with zero attached hydrogens (tertiary/aromatic N) is 2. The van der Waals surface area contributed by atoms with Crippen LogP contribution in [0.25, 0.3) is 76.5 Å². The van der Waals surface area contributed by atoms with Crippen molar-refractivity contribution in [3.63, 3.8) is 0 Å². The third-order valence-corrected chi connectivity index (χ3v) is 13.9. The molecule has 4 heteroatoms. The lowest BCUT2D eigenvalue weighted by atomic mass is 9.97. The highest BCUT2D eigenvalue weighted by Gasteiger charge is 2.23. The second-order valence-electron chi connectivity index (χ2n) is 18.1. The van der Waals surface area contributed by atoms with Gasteiger partial charge in [-0.1, -0.05) is 102 Å². The van der Waals surface area contributed by atoms with Crippen LogP contribution in [0.15, 0.2) is 191 Å². The molecule has 2 heterocycles. The highest BCUT2D eigenvalue weighted by molar-refractivity contribution is 6.24. The largest absolute Gasteiger partial charge is 0.455 e. The van der Waals surface area contributed by atoms with Gasteiger partial charge in [0, 0.05) is 55.7 Å². The molecule has 0 spiro atoms. The van der Waals surface area contributed by atoms with E-state index in [1.165, 1.54) is 44.8 Å². The van der Waals surface area contributed by atoms with Gasteiger partial charge >= 0.3 is 0 Å². The van der Waals surface area contributed by atoms with Crippen LogP contribution in [0, 0.1) is 41.5 Å². The predicted octanol–water partition coefficient (Wildman–Crippen LogP) is 18.2. The summed E-state index contributed by atoms with van der Waals surface area (Å²) in [6.07, 6.45) is 0. The van der Waals surface area contributed by atoms with Crippen molar-refractivity contribution >= 4 is 99.5 Å². The van der Waals surface area contributed by atoms with E-state index in [4.69, 9.17) is 8.83 Å². The average Bonchev–Trinajstić information content (AvgIpc) is 3.87. The highest BCUT2D eigenvalue weighted by Crippen LogP contribution is 2.47. The fourth-order valence-electron chi connectivity index (χ4n) is 9.94. The van der Waals surface area contributed by atoms with Gasteiger partial charge < -0.3 is 18.6 Å². The normalized spacial score (nSPS) is 11.8. The minimum absolute atomic E-state index is 0.823. The van der Waals surface area contributed by atoms with Gasteiger partial charge in [0.05, 0.1) is 5.56 Å². The van der Waals surface area contributed by atoms with Crippen LogP contribution in [0.3, 0.4) is 0 Å². The minimum atomic E-state index is 0.823. The second-order valence-corrected chi connectivity index (χ2v) is 18.1. The Morgan fingerprint density at radius 2 is 0.773 bits per heavy atom. The van der Waals surface area contributed by atoms with Crippen molar-refractivity contribution in [1.29, 1.82) is 0 Å². The topological polar surface area (TPSA) is 32.8 Å². The van der Waals surface area contributed by atoms with E-state index in [-0.39, 0.29) is 0 Å². The molecule has 66 heavy (non-hydrogen) atoms. The number of aryl methyl sites for hydroxylation is 4. The zero-order valence-corrected chi connectivity index (χ0v) is 38.0. The number of rotatable bonds is 7. The summed E-state index contributed by atoms with van der Waals surface area (Å²) in [7, 11) is 0. The predicted molar refractivity (Wildman–Crippen MR) is 279 cm³/mol. The molecule has 4 nitrogen and oxygen atoms in total. The molecule has 0 atom stereocenters. The Kier molecular flexibility index (Phi) is 9.15. The molecule has 0 aliphatic carbocycles. The van der Waals surface area contributed by atoms with E-state index in [9.17, 15) is 0 Å². The molecular weight excluding hydrogens is 805 g/mol. The van der Waals surface area contributed by atoms with Crippen LogP contribution in [0.5, 0.6) is 0 Å². The summed E-state index contributed by atoms with van der Waals surface area (Å²) >= 11 is 0. The fourth-order valence-corrected chi connectivity index (χ4v) is 9.94. The molecule has 0 fully saturated rings. The lowest BCUT2D eigenvalue weighted by molar-refractivity contribution is 0.658. The summed E-state index contributed by atoms with van der Waals surface area (Å²) in [4.78, 5) is 4.74. The zero-order valence-electron chi connectivity index (χ0n) is 38.0. The second kappa shape index (κ2) is 15.3. The molecule has 0 bridgehead atoms. The van der Waals surface area contributed by atoms with Crippen molar-refractivity contribution in [2.24, 2.45) is 0 Å². The van der Waals surface area contributed by atoms with E-state index >= 15 is 0 Å². The Morgan fingerprint density at radius 1 is 0.333 bits per heavy atom. The number of anilines is 6. The maximum atomic E-state index is 7.02. The van der Waals surface area contributed by atoms with Crippen LogP contribution < -0.4 is 9.80 Å². The van der Waals surface area contributed by atoms with Crippen LogP contribution in [0.1, 0.15) is 33.4 Å². The quantitative estimate of drug-likeness (QED) is 0.160. The monoisotopic (exact) mass is 852 g/mol. The number of furan rings is 2. The molecule has 12 aromatic rings. The van der Waals surface area contributed by atoms with Gasteiger partial charge in [0.15, 0.2) is 0 Å². The van der Waals surface area contributed by atoms with Gasteiger partial charge in [0.25, 0.3) is 0 Å². The van der Waals surface area contributed by atoms with Crippen LogP contribution in [0.4, 0.5) is 34.1 Å². The maximum absolute atomic E-state index is 7.02. The summed E-state index contributed by atoms with van der Waals surface area (Å²) < 4.78 is 14.0. The summed E-state index contributed by atoms with van der Waals surface area (Å²) in [6.45, 7) is 13.0. The van der Waals surface area contributed by atoms with Gasteiger partial charge in [-0.05, 0) is 182 Å². The van der Waals surface area contributed by atoms with Crippen molar-refractivity contribution in [2.75, 3.05) is 9.80 Å². The van der Waals surface area contributed by atoms with Gasteiger partial charge in [-0.3, -0.25) is 0 Å². The number of fused-ring (bicyclic) bond motifs is 8. The summed E-state index contributed by atoms with van der Waals surface area (Å²) in [5, 5.41) is 8.83.